The molecule has 118 valence electrons. The number of pyridine rings is 1. The van der Waals surface area contributed by atoms with Crippen LogP contribution in [0, 0.1) is 0 Å². The van der Waals surface area contributed by atoms with Crippen LogP contribution in [-0.4, -0.2) is 44.5 Å². The highest BCUT2D eigenvalue weighted by atomic mass is 32.2. The third-order valence-electron chi connectivity index (χ3n) is 4.09. The zero-order valence-corrected chi connectivity index (χ0v) is 13.9. The van der Waals surface area contributed by atoms with Gasteiger partial charge in [0.1, 0.15) is 5.82 Å². The van der Waals surface area contributed by atoms with Crippen LogP contribution in [0.3, 0.4) is 0 Å². The smallest absolute Gasteiger partial charge is 0.152 e. The van der Waals surface area contributed by atoms with Crippen LogP contribution in [0.25, 0.3) is 0 Å². The predicted octanol–water partition coefficient (Wildman–Crippen LogP) is 1.77. The van der Waals surface area contributed by atoms with E-state index >= 15 is 0 Å². The van der Waals surface area contributed by atoms with E-state index < -0.39 is 9.84 Å². The lowest BCUT2D eigenvalue weighted by molar-refractivity contribution is 0.569. The first kappa shape index (κ1) is 16.2. The van der Waals surface area contributed by atoms with Crippen LogP contribution in [0.2, 0.25) is 0 Å². The molecule has 1 aromatic heterocycles. The predicted molar refractivity (Wildman–Crippen MR) is 86.4 cm³/mol. The third-order valence-corrected chi connectivity index (χ3v) is 5.84. The number of nitrogens with zero attached hydrogens (tertiary/aromatic N) is 2. The van der Waals surface area contributed by atoms with Crippen molar-refractivity contribution in [2.75, 3.05) is 30.0 Å². The summed E-state index contributed by atoms with van der Waals surface area (Å²) in [6.45, 7) is 5.26. The maximum absolute atomic E-state index is 11.6. The molecular formula is C15H25N3O2S. The summed E-state index contributed by atoms with van der Waals surface area (Å²) in [6, 6.07) is 4.37. The fourth-order valence-corrected chi connectivity index (χ4v) is 4.38. The van der Waals surface area contributed by atoms with E-state index in [1.54, 1.807) is 0 Å². The molecule has 2 atom stereocenters. The zero-order valence-electron chi connectivity index (χ0n) is 13.0. The van der Waals surface area contributed by atoms with E-state index in [2.05, 4.69) is 30.2 Å². The number of anilines is 1. The molecule has 0 spiro atoms. The van der Waals surface area contributed by atoms with Crippen molar-refractivity contribution in [2.45, 2.75) is 38.8 Å². The van der Waals surface area contributed by atoms with E-state index in [0.29, 0.717) is 6.42 Å². The number of sulfone groups is 1. The Labute approximate surface area is 127 Å². The summed E-state index contributed by atoms with van der Waals surface area (Å²) < 4.78 is 23.1. The zero-order chi connectivity index (χ0) is 15.5. The first-order chi connectivity index (χ1) is 9.93. The number of nitrogens with one attached hydrogen (secondary N) is 1. The minimum absolute atomic E-state index is 0.0454. The Balaban J connectivity index is 2.01. The van der Waals surface area contributed by atoms with Gasteiger partial charge in [0.15, 0.2) is 9.84 Å². The van der Waals surface area contributed by atoms with E-state index in [4.69, 9.17) is 0 Å². The summed E-state index contributed by atoms with van der Waals surface area (Å²) in [4.78, 5) is 6.48. The first-order valence-corrected chi connectivity index (χ1v) is 9.37. The molecule has 1 N–H and O–H groups in total. The van der Waals surface area contributed by atoms with Gasteiger partial charge in [-0.3, -0.25) is 0 Å². The minimum atomic E-state index is -2.86. The van der Waals surface area contributed by atoms with Crippen LogP contribution in [0.1, 0.15) is 38.3 Å². The van der Waals surface area contributed by atoms with Crippen LogP contribution >= 0.6 is 0 Å². The lowest BCUT2D eigenvalue weighted by Crippen LogP contribution is -2.33. The van der Waals surface area contributed by atoms with Crippen LogP contribution in [0.4, 0.5) is 5.82 Å². The molecule has 21 heavy (non-hydrogen) atoms. The molecule has 0 amide bonds. The molecule has 0 aliphatic carbocycles. The molecule has 2 unspecified atom stereocenters. The summed E-state index contributed by atoms with van der Waals surface area (Å²) in [7, 11) is -0.937. The van der Waals surface area contributed by atoms with Gasteiger partial charge >= 0.3 is 0 Å². The first-order valence-electron chi connectivity index (χ1n) is 7.55. The van der Waals surface area contributed by atoms with Crippen molar-refractivity contribution in [3.8, 4) is 0 Å². The summed E-state index contributed by atoms with van der Waals surface area (Å²) in [5.41, 5.74) is 1.15. The fraction of sp³-hybridized carbons (Fsp3) is 0.667. The highest BCUT2D eigenvalue weighted by Gasteiger charge is 2.31. The van der Waals surface area contributed by atoms with Crippen LogP contribution in [0.15, 0.2) is 18.3 Å². The van der Waals surface area contributed by atoms with Crippen molar-refractivity contribution in [1.29, 1.82) is 0 Å². The number of hydrogen-bond acceptors (Lipinski definition) is 5. The minimum Gasteiger partial charge on any atom is -0.356 e. The maximum atomic E-state index is 11.6. The lowest BCUT2D eigenvalue weighted by Gasteiger charge is -2.25. The van der Waals surface area contributed by atoms with E-state index in [1.165, 1.54) is 0 Å². The van der Waals surface area contributed by atoms with Gasteiger partial charge in [-0.25, -0.2) is 13.4 Å². The standard InChI is InChI=1S/C15H25N3O2S/c1-4-8-16-12(2)13-5-6-15(17-10-13)18(3)14-7-9-21(19,20)11-14/h5-6,10,12,14,16H,4,7-9,11H2,1-3H3. The summed E-state index contributed by atoms with van der Waals surface area (Å²) in [5.74, 6) is 1.36. The summed E-state index contributed by atoms with van der Waals surface area (Å²) in [5, 5.41) is 3.43. The van der Waals surface area contributed by atoms with Crippen molar-refractivity contribution in [1.82, 2.24) is 10.3 Å². The monoisotopic (exact) mass is 311 g/mol. The Morgan fingerprint density at radius 1 is 1.48 bits per heavy atom. The van der Waals surface area contributed by atoms with Gasteiger partial charge in [-0.05, 0) is 37.9 Å². The van der Waals surface area contributed by atoms with Gasteiger partial charge < -0.3 is 10.2 Å². The molecule has 0 saturated carbocycles. The summed E-state index contributed by atoms with van der Waals surface area (Å²) >= 11 is 0. The fourth-order valence-electron chi connectivity index (χ4n) is 2.61. The van der Waals surface area contributed by atoms with E-state index in [1.807, 2.05) is 24.2 Å². The SMILES string of the molecule is CCCNC(C)c1ccc(N(C)C2CCS(=O)(=O)C2)nc1. The topological polar surface area (TPSA) is 62.3 Å². The Morgan fingerprint density at radius 2 is 2.24 bits per heavy atom. The van der Waals surface area contributed by atoms with E-state index in [9.17, 15) is 8.42 Å². The van der Waals surface area contributed by atoms with Crippen LogP contribution in [-0.2, 0) is 9.84 Å². The molecule has 2 rings (SSSR count). The molecule has 1 aliphatic heterocycles. The van der Waals surface area contributed by atoms with Crippen LogP contribution < -0.4 is 10.2 Å². The molecular weight excluding hydrogens is 286 g/mol. The van der Waals surface area contributed by atoms with E-state index in [0.717, 1.165) is 24.3 Å². The molecule has 5 nitrogen and oxygen atoms in total. The average Bonchev–Trinajstić information content (AvgIpc) is 2.84. The van der Waals surface area contributed by atoms with Crippen molar-refractivity contribution in [3.63, 3.8) is 0 Å². The largest absolute Gasteiger partial charge is 0.356 e. The second kappa shape index (κ2) is 6.75. The van der Waals surface area contributed by atoms with Gasteiger partial charge in [0, 0.05) is 25.3 Å². The number of aromatic nitrogens is 1. The van der Waals surface area contributed by atoms with Gasteiger partial charge in [0.05, 0.1) is 11.5 Å². The second-order valence-corrected chi connectivity index (χ2v) is 8.02. The van der Waals surface area contributed by atoms with Crippen molar-refractivity contribution in [2.24, 2.45) is 0 Å². The van der Waals surface area contributed by atoms with Gasteiger partial charge in [-0.2, -0.15) is 0 Å². The highest BCUT2D eigenvalue weighted by molar-refractivity contribution is 7.91. The average molecular weight is 311 g/mol. The van der Waals surface area contributed by atoms with Gasteiger partial charge in [0.2, 0.25) is 0 Å². The van der Waals surface area contributed by atoms with Gasteiger partial charge in [0.25, 0.3) is 0 Å². The van der Waals surface area contributed by atoms with E-state index in [-0.39, 0.29) is 23.6 Å². The van der Waals surface area contributed by atoms with Crippen molar-refractivity contribution in [3.05, 3.63) is 23.9 Å². The molecule has 0 aromatic carbocycles. The summed E-state index contributed by atoms with van der Waals surface area (Å²) in [6.07, 6.45) is 3.67. The van der Waals surface area contributed by atoms with Gasteiger partial charge in [-0.1, -0.05) is 13.0 Å². The Hall–Kier alpha value is -1.14. The second-order valence-electron chi connectivity index (χ2n) is 5.79. The Bertz CT molecular complexity index is 557. The molecule has 1 saturated heterocycles. The normalized spacial score (nSPS) is 22.1. The third kappa shape index (κ3) is 4.17. The quantitative estimate of drug-likeness (QED) is 0.867. The maximum Gasteiger partial charge on any atom is 0.152 e. The number of hydrogen-bond donors (Lipinski definition) is 1. The molecule has 1 fully saturated rings. The lowest BCUT2D eigenvalue weighted by atomic mass is 10.1. The van der Waals surface area contributed by atoms with Gasteiger partial charge in [-0.15, -0.1) is 0 Å². The van der Waals surface area contributed by atoms with Crippen molar-refractivity contribution < 1.29 is 8.42 Å². The number of rotatable bonds is 6. The molecule has 1 aliphatic rings. The highest BCUT2D eigenvalue weighted by Crippen LogP contribution is 2.22. The molecule has 0 bridgehead atoms. The Morgan fingerprint density at radius 3 is 2.76 bits per heavy atom. The molecule has 2 heterocycles. The van der Waals surface area contributed by atoms with Crippen LogP contribution in [0.5, 0.6) is 0 Å². The molecule has 1 aromatic rings. The molecule has 6 heteroatoms. The molecule has 0 radical (unpaired) electrons. The Kier molecular flexibility index (Phi) is 5.22. The van der Waals surface area contributed by atoms with Crippen molar-refractivity contribution >= 4 is 15.7 Å².